The number of carbonyl (C=O) groups is 2. The van der Waals surface area contributed by atoms with E-state index >= 15 is 0 Å². The normalized spacial score (nSPS) is 19.8. The van der Waals surface area contributed by atoms with E-state index in [9.17, 15) is 18.0 Å². The minimum Gasteiger partial charge on any atom is -0.357 e. The van der Waals surface area contributed by atoms with Crippen LogP contribution >= 0.6 is 0 Å². The van der Waals surface area contributed by atoms with Crippen LogP contribution in [0.15, 0.2) is 41.4 Å². The van der Waals surface area contributed by atoms with Crippen LogP contribution in [0.5, 0.6) is 0 Å². The second-order valence-electron chi connectivity index (χ2n) is 7.95. The van der Waals surface area contributed by atoms with E-state index in [0.29, 0.717) is 19.4 Å². The van der Waals surface area contributed by atoms with Crippen LogP contribution in [0.25, 0.3) is 0 Å². The monoisotopic (exact) mass is 426 g/mol. The van der Waals surface area contributed by atoms with Crippen LogP contribution in [0.2, 0.25) is 0 Å². The minimum absolute atomic E-state index is 0.0766. The third kappa shape index (κ3) is 3.23. The number of benzene rings is 1. The predicted octanol–water partition coefficient (Wildman–Crippen LogP) is 1.92. The lowest BCUT2D eigenvalue weighted by atomic mass is 10.1. The number of carbonyl (C=O) groups excluding carboxylic acids is 2. The SMILES string of the molecule is O=C(NCc1ccnc(N2CCCC2)c1)c1ccc2c(c1)S(=O)(=O)N(C1CC1)C2=O. The molecule has 1 N–H and O–H groups in total. The van der Waals surface area contributed by atoms with Gasteiger partial charge in [0.15, 0.2) is 0 Å². The summed E-state index contributed by atoms with van der Waals surface area (Å²) in [5, 5.41) is 2.83. The van der Waals surface area contributed by atoms with Gasteiger partial charge < -0.3 is 10.2 Å². The Hall–Kier alpha value is -2.94. The molecule has 0 spiro atoms. The number of hydrogen-bond donors (Lipinski definition) is 1. The zero-order valence-corrected chi connectivity index (χ0v) is 17.2. The van der Waals surface area contributed by atoms with Crippen LogP contribution in [0, 0.1) is 0 Å². The Kier molecular flexibility index (Phi) is 4.50. The molecule has 0 atom stereocenters. The fraction of sp³-hybridized carbons (Fsp3) is 0.381. The number of sulfonamides is 1. The van der Waals surface area contributed by atoms with Gasteiger partial charge in [-0.1, -0.05) is 0 Å². The average Bonchev–Trinajstić information content (AvgIpc) is 3.36. The highest BCUT2D eigenvalue weighted by atomic mass is 32.2. The lowest BCUT2D eigenvalue weighted by molar-refractivity contribution is 0.0863. The van der Waals surface area contributed by atoms with E-state index in [-0.39, 0.29) is 28.0 Å². The van der Waals surface area contributed by atoms with Gasteiger partial charge in [0.25, 0.3) is 21.8 Å². The number of nitrogens with zero attached hydrogens (tertiary/aromatic N) is 3. The summed E-state index contributed by atoms with van der Waals surface area (Å²) < 4.78 is 26.5. The highest BCUT2D eigenvalue weighted by molar-refractivity contribution is 7.90. The number of anilines is 1. The van der Waals surface area contributed by atoms with Gasteiger partial charge in [-0.05, 0) is 61.6 Å². The van der Waals surface area contributed by atoms with Crippen LogP contribution in [-0.4, -0.2) is 48.7 Å². The largest absolute Gasteiger partial charge is 0.357 e. The van der Waals surface area contributed by atoms with Crippen molar-refractivity contribution in [3.8, 4) is 0 Å². The van der Waals surface area contributed by atoms with Crippen molar-refractivity contribution in [3.05, 3.63) is 53.2 Å². The van der Waals surface area contributed by atoms with Gasteiger partial charge in [0.2, 0.25) is 0 Å². The zero-order valence-electron chi connectivity index (χ0n) is 16.4. The molecule has 8 nitrogen and oxygen atoms in total. The fourth-order valence-corrected chi connectivity index (χ4v) is 5.87. The van der Waals surface area contributed by atoms with Crippen LogP contribution in [0.4, 0.5) is 5.82 Å². The number of aromatic nitrogens is 1. The Balaban J connectivity index is 1.32. The van der Waals surface area contributed by atoms with Crippen molar-refractivity contribution in [2.45, 2.75) is 43.2 Å². The zero-order chi connectivity index (χ0) is 20.9. The van der Waals surface area contributed by atoms with Crippen molar-refractivity contribution < 1.29 is 18.0 Å². The van der Waals surface area contributed by atoms with E-state index in [1.807, 2.05) is 12.1 Å². The number of rotatable bonds is 5. The van der Waals surface area contributed by atoms with E-state index in [1.54, 1.807) is 6.20 Å². The third-order valence-electron chi connectivity index (χ3n) is 5.78. The fourth-order valence-electron chi connectivity index (χ4n) is 4.03. The van der Waals surface area contributed by atoms with Gasteiger partial charge in [-0.3, -0.25) is 9.59 Å². The lowest BCUT2D eigenvalue weighted by Crippen LogP contribution is -2.32. The summed E-state index contributed by atoms with van der Waals surface area (Å²) in [4.78, 5) is 31.7. The third-order valence-corrected chi connectivity index (χ3v) is 7.66. The number of pyridine rings is 1. The number of nitrogens with one attached hydrogen (secondary N) is 1. The summed E-state index contributed by atoms with van der Waals surface area (Å²) in [6, 6.07) is 7.81. The molecule has 3 aliphatic rings. The second-order valence-corrected chi connectivity index (χ2v) is 9.73. The highest BCUT2D eigenvalue weighted by Gasteiger charge is 2.48. The smallest absolute Gasteiger partial charge is 0.269 e. The van der Waals surface area contributed by atoms with E-state index < -0.39 is 15.9 Å². The first-order valence-corrected chi connectivity index (χ1v) is 11.6. The van der Waals surface area contributed by atoms with Crippen molar-refractivity contribution in [3.63, 3.8) is 0 Å². The van der Waals surface area contributed by atoms with Gasteiger partial charge in [0, 0.05) is 37.4 Å². The molecule has 0 unspecified atom stereocenters. The molecule has 2 amide bonds. The maximum absolute atomic E-state index is 12.8. The topological polar surface area (TPSA) is 99.7 Å². The number of hydrogen-bond acceptors (Lipinski definition) is 6. The van der Waals surface area contributed by atoms with Crippen LogP contribution in [-0.2, 0) is 16.6 Å². The van der Waals surface area contributed by atoms with Gasteiger partial charge in [0.1, 0.15) is 10.7 Å². The summed E-state index contributed by atoms with van der Waals surface area (Å²) in [6.45, 7) is 2.28. The molecule has 5 rings (SSSR count). The molecule has 1 aliphatic carbocycles. The maximum atomic E-state index is 12.8. The average molecular weight is 426 g/mol. The van der Waals surface area contributed by atoms with Crippen molar-refractivity contribution in [1.29, 1.82) is 0 Å². The van der Waals surface area contributed by atoms with Crippen molar-refractivity contribution >= 4 is 27.7 Å². The predicted molar refractivity (Wildman–Crippen MR) is 110 cm³/mol. The van der Waals surface area contributed by atoms with Crippen molar-refractivity contribution in [1.82, 2.24) is 14.6 Å². The number of amides is 2. The summed E-state index contributed by atoms with van der Waals surface area (Å²) in [7, 11) is -3.88. The van der Waals surface area contributed by atoms with Gasteiger partial charge in [-0.15, -0.1) is 0 Å². The first kappa shape index (κ1) is 19.0. The van der Waals surface area contributed by atoms with Crippen LogP contribution < -0.4 is 10.2 Å². The molecular formula is C21H22N4O4S. The van der Waals surface area contributed by atoms with Gasteiger partial charge in [-0.2, -0.15) is 0 Å². The molecule has 1 aromatic carbocycles. The molecule has 30 heavy (non-hydrogen) atoms. The summed E-state index contributed by atoms with van der Waals surface area (Å²) in [5.41, 5.74) is 1.28. The Morgan fingerprint density at radius 1 is 1.13 bits per heavy atom. The summed E-state index contributed by atoms with van der Waals surface area (Å²) >= 11 is 0. The second kappa shape index (κ2) is 7.09. The van der Waals surface area contributed by atoms with Crippen molar-refractivity contribution in [2.75, 3.05) is 18.0 Å². The quantitative estimate of drug-likeness (QED) is 0.784. The number of fused-ring (bicyclic) bond motifs is 1. The Bertz CT molecular complexity index is 1140. The van der Waals surface area contributed by atoms with E-state index in [2.05, 4.69) is 15.2 Å². The Morgan fingerprint density at radius 2 is 1.90 bits per heavy atom. The molecule has 0 radical (unpaired) electrons. The molecule has 2 aromatic rings. The molecule has 0 bridgehead atoms. The van der Waals surface area contributed by atoms with E-state index in [0.717, 1.165) is 41.6 Å². The summed E-state index contributed by atoms with van der Waals surface area (Å²) in [5.74, 6) is 0.0251. The Morgan fingerprint density at radius 3 is 2.63 bits per heavy atom. The minimum atomic E-state index is -3.88. The van der Waals surface area contributed by atoms with E-state index in [1.165, 1.54) is 18.2 Å². The maximum Gasteiger partial charge on any atom is 0.269 e. The first-order chi connectivity index (χ1) is 14.4. The van der Waals surface area contributed by atoms with Gasteiger partial charge >= 0.3 is 0 Å². The highest BCUT2D eigenvalue weighted by Crippen LogP contribution is 2.39. The standard InChI is InChI=1S/C21H22N4O4S/c26-20(23-13-14-7-8-22-19(11-14)24-9-1-2-10-24)15-3-6-17-18(12-15)30(28,29)25(21(17)27)16-4-5-16/h3,6-8,11-12,16H,1-2,4-5,9-10,13H2,(H,23,26). The molecule has 3 heterocycles. The molecule has 1 saturated heterocycles. The van der Waals surface area contributed by atoms with Crippen LogP contribution in [0.1, 0.15) is 52.0 Å². The van der Waals surface area contributed by atoms with E-state index in [4.69, 9.17) is 0 Å². The molecule has 2 fully saturated rings. The van der Waals surface area contributed by atoms with Gasteiger partial charge in [-0.25, -0.2) is 17.7 Å². The lowest BCUT2D eigenvalue weighted by Gasteiger charge is -2.17. The molecule has 156 valence electrons. The Labute approximate surface area is 174 Å². The van der Waals surface area contributed by atoms with Crippen molar-refractivity contribution in [2.24, 2.45) is 0 Å². The molecule has 9 heteroatoms. The van der Waals surface area contributed by atoms with Crippen LogP contribution in [0.3, 0.4) is 0 Å². The molecule has 1 saturated carbocycles. The first-order valence-electron chi connectivity index (χ1n) is 10.2. The van der Waals surface area contributed by atoms with Gasteiger partial charge in [0.05, 0.1) is 5.56 Å². The molecule has 2 aliphatic heterocycles. The summed E-state index contributed by atoms with van der Waals surface area (Å²) in [6.07, 6.45) is 5.43. The molecular weight excluding hydrogens is 404 g/mol. The molecule has 1 aromatic heterocycles.